The van der Waals surface area contributed by atoms with E-state index in [4.69, 9.17) is 18.9 Å². The van der Waals surface area contributed by atoms with Gasteiger partial charge in [0.25, 0.3) is 11.7 Å². The van der Waals surface area contributed by atoms with Crippen molar-refractivity contribution in [3.8, 4) is 23.0 Å². The topological polar surface area (TPSA) is 230 Å². The molecule has 5 bridgehead atoms. The Bertz CT molecular complexity index is 2450. The number of benzene rings is 3. The van der Waals surface area contributed by atoms with E-state index in [0.717, 1.165) is 22.8 Å². The number of aliphatic hydroxyl groups is 2. The maximum absolute atomic E-state index is 14.5. The van der Waals surface area contributed by atoms with E-state index in [0.29, 0.717) is 18.0 Å². The number of rotatable bonds is 6. The molecule has 4 heterocycles. The summed E-state index contributed by atoms with van der Waals surface area (Å²) in [6, 6.07) is 7.54. The van der Waals surface area contributed by atoms with Gasteiger partial charge >= 0.3 is 11.8 Å². The minimum Gasteiger partial charge on any atom is -0.507 e. The zero-order chi connectivity index (χ0) is 45.4. The highest BCUT2D eigenvalue weighted by atomic mass is 32.2. The van der Waals surface area contributed by atoms with Crippen molar-refractivity contribution in [2.75, 3.05) is 18.2 Å². The fraction of sp³-hybridized carbons (Fsp3) is 0.435. The second-order valence-electron chi connectivity index (χ2n) is 16.3. The second-order valence-corrected chi connectivity index (χ2v) is 17.4. The Kier molecular flexibility index (Phi) is 13.7. The van der Waals surface area contributed by atoms with Crippen LogP contribution in [0.25, 0.3) is 21.8 Å². The summed E-state index contributed by atoms with van der Waals surface area (Å²) < 4.78 is 23.7. The molecule has 332 valence electrons. The first kappa shape index (κ1) is 46.0. The number of Topliss-reactive ketones (excluding diaryl/α,β-unsaturated/α-hetero) is 1. The van der Waals surface area contributed by atoms with E-state index in [1.54, 1.807) is 39.8 Å². The third-order valence-corrected chi connectivity index (χ3v) is 13.1. The fourth-order valence-electron chi connectivity index (χ4n) is 8.21. The zero-order valence-electron chi connectivity index (χ0n) is 36.2. The number of H-pyrrole nitrogens is 1. The maximum Gasteiger partial charge on any atom is 0.312 e. The second kappa shape index (κ2) is 18.4. The van der Waals surface area contributed by atoms with Gasteiger partial charge in [0.1, 0.15) is 34.9 Å². The largest absolute Gasteiger partial charge is 0.507 e. The lowest BCUT2D eigenvalue weighted by molar-refractivity contribution is -0.160. The first-order valence-corrected chi connectivity index (χ1v) is 21.4. The van der Waals surface area contributed by atoms with Crippen LogP contribution in [0.1, 0.15) is 70.2 Å². The molecule has 0 fully saturated rings. The van der Waals surface area contributed by atoms with Gasteiger partial charge in [-0.15, -0.1) is 11.8 Å². The van der Waals surface area contributed by atoms with Crippen molar-refractivity contribution in [2.45, 2.75) is 96.9 Å². The summed E-state index contributed by atoms with van der Waals surface area (Å²) in [6.45, 7) is 12.6. The van der Waals surface area contributed by atoms with Crippen LogP contribution >= 0.6 is 11.8 Å². The Morgan fingerprint density at radius 3 is 2.34 bits per heavy atom. The molecule has 7 rings (SSSR count). The minimum absolute atomic E-state index is 0.0164. The number of phenols is 3. The Morgan fingerprint density at radius 2 is 1.66 bits per heavy atom. The van der Waals surface area contributed by atoms with E-state index in [-0.39, 0.29) is 43.8 Å². The number of anilines is 1. The number of nitrogens with zero attached hydrogens (tertiary/aromatic N) is 1. The number of methoxy groups -OCH3 is 1. The van der Waals surface area contributed by atoms with Gasteiger partial charge in [-0.3, -0.25) is 14.4 Å². The summed E-state index contributed by atoms with van der Waals surface area (Å²) >= 11 is 1.09. The van der Waals surface area contributed by atoms with Crippen molar-refractivity contribution < 1.29 is 58.9 Å². The molecule has 0 aliphatic carbocycles. The molecule has 3 aliphatic rings. The average molecular weight is 874 g/mol. The van der Waals surface area contributed by atoms with Gasteiger partial charge in [-0.05, 0) is 32.1 Å². The van der Waals surface area contributed by atoms with Crippen molar-refractivity contribution in [3.63, 3.8) is 0 Å². The number of hydrogen-bond donors (Lipinski definition) is 7. The molecule has 0 radical (unpaired) electrons. The van der Waals surface area contributed by atoms with Crippen LogP contribution < -0.4 is 10.1 Å². The molecular formula is C46H55N3O12S. The van der Waals surface area contributed by atoms with Gasteiger partial charge in [0.05, 0.1) is 51.5 Å². The smallest absolute Gasteiger partial charge is 0.312 e. The van der Waals surface area contributed by atoms with Crippen LogP contribution in [0.2, 0.25) is 0 Å². The average Bonchev–Trinajstić information content (AvgIpc) is 3.78. The van der Waals surface area contributed by atoms with Crippen LogP contribution in [0.5, 0.6) is 23.0 Å². The lowest BCUT2D eigenvalue weighted by atomic mass is 9.78. The summed E-state index contributed by atoms with van der Waals surface area (Å²) in [5, 5.41) is 61.0. The molecule has 9 atom stereocenters. The summed E-state index contributed by atoms with van der Waals surface area (Å²) in [4.78, 5) is 48.6. The lowest BCUT2D eigenvalue weighted by Crippen LogP contribution is -2.46. The summed E-state index contributed by atoms with van der Waals surface area (Å²) in [5.41, 5.74) is 1.50. The number of ether oxygens (including phenoxy) is 4. The van der Waals surface area contributed by atoms with Crippen molar-refractivity contribution in [2.24, 2.45) is 23.7 Å². The van der Waals surface area contributed by atoms with Gasteiger partial charge in [-0.25, -0.2) is 4.98 Å². The first-order valence-electron chi connectivity index (χ1n) is 20.5. The number of imidazole rings is 1. The number of aromatic nitrogens is 2. The monoisotopic (exact) mass is 873 g/mol. The van der Waals surface area contributed by atoms with Gasteiger partial charge in [0.2, 0.25) is 0 Å². The standard InChI is InChI=1S/C46H55N3O12S/c1-21-13-12-14-22(2)45(57)49-35-39(54)33-32(40(55)43(35)62-20-18-31-47-28-15-10-11-16-29(28)48-31)34-42(26(6)38(33)53)61-46(8,44(34)56)59-19-17-30(58-9)23(3)41(60-27(7)50)25(5)37(52)24(4)36(21)51/h10-17,19,21,23-25,30,36-37,41,51-55H,18,20H2,1-9H3,(H,47,48)(H,49,57)/b13-12+,19-17+,22-14-/t21-,23-,24+,25-,30-,36-,37+,41+,46-/m0/s1. The number of esters is 1. The SMILES string of the molecule is CO[C@H]1/C=C/O[C@@]2(C)Oc3c(C)c(O)c4c(O)c(c(SCCc5nc6ccccc6[nH]5)c(O)c4c3C2=O)NC(=O)/C(C)=C\C=C\[C@H](C)[C@H](O)[C@@H](C)[C@@H](O)[C@H](C)[C@H](OC(C)=O)[C@H]1C. The van der Waals surface area contributed by atoms with Gasteiger partial charge in [-0.2, -0.15) is 0 Å². The fourth-order valence-corrected chi connectivity index (χ4v) is 9.24. The van der Waals surface area contributed by atoms with E-state index >= 15 is 0 Å². The van der Waals surface area contributed by atoms with Crippen LogP contribution in [-0.4, -0.2) is 96.2 Å². The van der Waals surface area contributed by atoms with Crippen LogP contribution in [0.4, 0.5) is 5.69 Å². The number of hydrogen-bond acceptors (Lipinski definition) is 14. The Labute approximate surface area is 363 Å². The van der Waals surface area contributed by atoms with Gasteiger partial charge in [0.15, 0.2) is 5.75 Å². The van der Waals surface area contributed by atoms with Crippen LogP contribution in [-0.2, 0) is 30.2 Å². The molecule has 7 N–H and O–H groups in total. The molecule has 0 unspecified atom stereocenters. The third-order valence-electron chi connectivity index (χ3n) is 12.0. The number of carbonyl (C=O) groups is 3. The molecule has 3 aliphatic heterocycles. The number of thioether (sulfide) groups is 1. The predicted octanol–water partition coefficient (Wildman–Crippen LogP) is 6.97. The quantitative estimate of drug-likeness (QED) is 0.0450. The maximum atomic E-state index is 14.5. The van der Waals surface area contributed by atoms with E-state index in [1.807, 2.05) is 24.3 Å². The first-order chi connectivity index (χ1) is 29.3. The highest BCUT2D eigenvalue weighted by Gasteiger charge is 2.50. The molecule has 4 aromatic rings. The van der Waals surface area contributed by atoms with Crippen molar-refractivity contribution in [1.82, 2.24) is 9.97 Å². The Morgan fingerprint density at radius 1 is 0.952 bits per heavy atom. The van der Waals surface area contributed by atoms with E-state index in [2.05, 4.69) is 15.3 Å². The van der Waals surface area contributed by atoms with E-state index in [1.165, 1.54) is 53.2 Å². The molecule has 16 heteroatoms. The number of ketones is 1. The lowest BCUT2D eigenvalue weighted by Gasteiger charge is -2.38. The van der Waals surface area contributed by atoms with Crippen molar-refractivity contribution in [1.29, 1.82) is 0 Å². The number of carbonyl (C=O) groups excluding carboxylic acids is 3. The number of aromatic hydroxyl groups is 3. The highest BCUT2D eigenvalue weighted by molar-refractivity contribution is 7.99. The van der Waals surface area contributed by atoms with Crippen LogP contribution in [0.15, 0.2) is 65.3 Å². The highest BCUT2D eigenvalue weighted by Crippen LogP contribution is 2.57. The Balaban J connectivity index is 1.48. The van der Waals surface area contributed by atoms with Crippen molar-refractivity contribution in [3.05, 3.63) is 77.4 Å². The molecule has 62 heavy (non-hydrogen) atoms. The summed E-state index contributed by atoms with van der Waals surface area (Å²) in [7, 11) is 1.44. The number of nitrogens with one attached hydrogen (secondary N) is 2. The molecule has 1 amide bonds. The number of aliphatic hydroxyl groups excluding tert-OH is 2. The number of amides is 1. The Hall–Kier alpha value is -5.55. The van der Waals surface area contributed by atoms with Crippen molar-refractivity contribution >= 4 is 56.9 Å². The number of para-hydroxylation sites is 2. The third kappa shape index (κ3) is 8.73. The van der Waals surface area contributed by atoms with Gasteiger partial charge in [-0.1, -0.05) is 58.1 Å². The molecule has 0 saturated heterocycles. The summed E-state index contributed by atoms with van der Waals surface area (Å²) in [5.74, 6) is -7.25. The number of phenolic OH excluding ortho intramolecular Hbond substituents is 3. The molecule has 1 aromatic heterocycles. The normalized spacial score (nSPS) is 29.2. The molecular weight excluding hydrogens is 819 g/mol. The van der Waals surface area contributed by atoms with Gasteiger partial charge < -0.3 is 54.8 Å². The van der Waals surface area contributed by atoms with Crippen LogP contribution in [0, 0.1) is 30.6 Å². The van der Waals surface area contributed by atoms with Gasteiger partial charge in [0, 0.05) is 73.3 Å². The molecule has 15 nitrogen and oxygen atoms in total. The molecule has 0 spiro atoms. The number of allylic oxidation sites excluding steroid dienone is 2. The van der Waals surface area contributed by atoms with E-state index < -0.39 is 88.8 Å². The molecule has 0 saturated carbocycles. The van der Waals surface area contributed by atoms with Crippen LogP contribution in [0.3, 0.4) is 0 Å². The summed E-state index contributed by atoms with van der Waals surface area (Å²) in [6.07, 6.45) is 3.98. The number of fused-ring (bicyclic) bond motifs is 15. The zero-order valence-corrected chi connectivity index (χ0v) is 37.0. The minimum atomic E-state index is -2.04. The number of aryl methyl sites for hydroxylation is 1. The molecule has 3 aromatic carbocycles. The predicted molar refractivity (Wildman–Crippen MR) is 234 cm³/mol. The number of aromatic amines is 1. The van der Waals surface area contributed by atoms with E-state index in [9.17, 15) is 39.9 Å².